The third kappa shape index (κ3) is 3.40. The zero-order valence-corrected chi connectivity index (χ0v) is 15.8. The van der Waals surface area contributed by atoms with E-state index < -0.39 is 0 Å². The van der Waals surface area contributed by atoms with E-state index in [0.29, 0.717) is 4.47 Å². The highest BCUT2D eigenvalue weighted by atomic mass is 35.5. The Morgan fingerprint density at radius 1 is 0.750 bits per heavy atom. The molecule has 2 aromatic carbocycles. The number of benzene rings is 2. The number of nitrogens with zero attached hydrogens (tertiary/aromatic N) is 3. The molecular formula is C19H20ClN3S. The molecule has 0 spiro atoms. The summed E-state index contributed by atoms with van der Waals surface area (Å²) in [6.45, 7) is 0. The molecule has 0 unspecified atom stereocenters. The van der Waals surface area contributed by atoms with E-state index in [1.807, 2.05) is 28.2 Å². The average molecular weight is 358 g/mol. The highest BCUT2D eigenvalue weighted by molar-refractivity contribution is 7.19. The van der Waals surface area contributed by atoms with Gasteiger partial charge in [0, 0.05) is 45.1 Å². The van der Waals surface area contributed by atoms with Crippen molar-refractivity contribution < 1.29 is 0 Å². The van der Waals surface area contributed by atoms with Gasteiger partial charge in [0.25, 0.3) is 0 Å². The van der Waals surface area contributed by atoms with Crippen LogP contribution in [0.5, 0.6) is 0 Å². The summed E-state index contributed by atoms with van der Waals surface area (Å²) in [6, 6.07) is 16.9. The topological polar surface area (TPSA) is 19.4 Å². The third-order valence-corrected chi connectivity index (χ3v) is 5.11. The Morgan fingerprint density at radius 2 is 1.21 bits per heavy atom. The van der Waals surface area contributed by atoms with Crippen molar-refractivity contribution >= 4 is 34.3 Å². The molecule has 124 valence electrons. The summed E-state index contributed by atoms with van der Waals surface area (Å²) < 4.78 is 0.563. The summed E-state index contributed by atoms with van der Waals surface area (Å²) in [5.74, 6) is 0. The zero-order valence-electron chi connectivity index (χ0n) is 14.2. The average Bonchev–Trinajstić information content (AvgIpc) is 2.97. The van der Waals surface area contributed by atoms with Crippen LogP contribution in [-0.4, -0.2) is 33.2 Å². The van der Waals surface area contributed by atoms with Crippen molar-refractivity contribution in [1.29, 1.82) is 0 Å². The van der Waals surface area contributed by atoms with Crippen LogP contribution in [0.15, 0.2) is 48.5 Å². The first kappa shape index (κ1) is 16.8. The predicted molar refractivity (Wildman–Crippen MR) is 107 cm³/mol. The van der Waals surface area contributed by atoms with E-state index in [1.54, 1.807) is 0 Å². The molecule has 3 nitrogen and oxygen atoms in total. The minimum Gasteiger partial charge on any atom is -0.378 e. The molecule has 0 aliphatic carbocycles. The van der Waals surface area contributed by atoms with E-state index in [2.05, 4.69) is 63.3 Å². The molecular weight excluding hydrogens is 338 g/mol. The molecule has 0 fully saturated rings. The van der Waals surface area contributed by atoms with Crippen molar-refractivity contribution in [1.82, 2.24) is 4.98 Å². The van der Waals surface area contributed by atoms with Crippen LogP contribution in [-0.2, 0) is 0 Å². The minimum absolute atomic E-state index is 0.563. The van der Waals surface area contributed by atoms with Crippen LogP contribution < -0.4 is 9.80 Å². The molecule has 1 aromatic heterocycles. The number of halogens is 1. The lowest BCUT2D eigenvalue weighted by Crippen LogP contribution is -2.08. The van der Waals surface area contributed by atoms with Gasteiger partial charge in [0.2, 0.25) is 0 Å². The number of thiazole rings is 1. The van der Waals surface area contributed by atoms with E-state index in [9.17, 15) is 0 Å². The lowest BCUT2D eigenvalue weighted by atomic mass is 10.1. The standard InChI is InChI=1S/C19H20ClN3S/c1-22(2)15-9-5-13(6-10-15)17-18(24-19(20)21-17)14-7-11-16(12-8-14)23(3)4/h5-12H,1-4H3. The van der Waals surface area contributed by atoms with Gasteiger partial charge < -0.3 is 9.80 Å². The van der Waals surface area contributed by atoms with Crippen LogP contribution in [0.3, 0.4) is 0 Å². The summed E-state index contributed by atoms with van der Waals surface area (Å²) in [6.07, 6.45) is 0. The summed E-state index contributed by atoms with van der Waals surface area (Å²) >= 11 is 7.74. The highest BCUT2D eigenvalue weighted by Gasteiger charge is 2.14. The monoisotopic (exact) mass is 357 g/mol. The van der Waals surface area contributed by atoms with Crippen LogP contribution in [0.25, 0.3) is 21.7 Å². The smallest absolute Gasteiger partial charge is 0.184 e. The normalized spacial score (nSPS) is 10.7. The maximum atomic E-state index is 6.22. The van der Waals surface area contributed by atoms with Crippen LogP contribution in [0, 0.1) is 0 Å². The van der Waals surface area contributed by atoms with Crippen molar-refractivity contribution in [2.45, 2.75) is 0 Å². The molecule has 0 amide bonds. The van der Waals surface area contributed by atoms with Crippen molar-refractivity contribution in [2.24, 2.45) is 0 Å². The largest absolute Gasteiger partial charge is 0.378 e. The number of anilines is 2. The second-order valence-corrected chi connectivity index (χ2v) is 7.61. The number of hydrogen-bond donors (Lipinski definition) is 0. The molecule has 0 N–H and O–H groups in total. The molecule has 0 aliphatic rings. The Bertz CT molecular complexity index is 752. The van der Waals surface area contributed by atoms with Crippen LogP contribution in [0.1, 0.15) is 0 Å². The van der Waals surface area contributed by atoms with Crippen molar-refractivity contribution in [2.75, 3.05) is 38.0 Å². The number of aromatic nitrogens is 1. The Kier molecular flexibility index (Phi) is 4.78. The van der Waals surface area contributed by atoms with E-state index in [0.717, 1.165) is 27.4 Å². The molecule has 0 aliphatic heterocycles. The SMILES string of the molecule is CN(C)c1ccc(-c2nc(Cl)sc2-c2ccc(N(C)C)cc2)cc1. The van der Waals surface area contributed by atoms with Gasteiger partial charge in [-0.3, -0.25) is 0 Å². The Hall–Kier alpha value is -2.04. The lowest BCUT2D eigenvalue weighted by molar-refractivity contribution is 1.13. The van der Waals surface area contributed by atoms with E-state index in [1.165, 1.54) is 17.0 Å². The highest BCUT2D eigenvalue weighted by Crippen LogP contribution is 2.39. The van der Waals surface area contributed by atoms with Gasteiger partial charge in [-0.2, -0.15) is 0 Å². The Labute approximate surface area is 152 Å². The lowest BCUT2D eigenvalue weighted by Gasteiger charge is -2.13. The predicted octanol–water partition coefficient (Wildman–Crippen LogP) is 5.26. The van der Waals surface area contributed by atoms with Gasteiger partial charge in [0.15, 0.2) is 4.47 Å². The van der Waals surface area contributed by atoms with Gasteiger partial charge in [0.05, 0.1) is 10.6 Å². The molecule has 0 bridgehead atoms. The van der Waals surface area contributed by atoms with Crippen LogP contribution >= 0.6 is 22.9 Å². The maximum Gasteiger partial charge on any atom is 0.184 e. The van der Waals surface area contributed by atoms with Gasteiger partial charge in [0.1, 0.15) is 0 Å². The molecule has 3 aromatic rings. The first-order valence-electron chi connectivity index (χ1n) is 7.67. The van der Waals surface area contributed by atoms with Gasteiger partial charge in [-0.25, -0.2) is 4.98 Å². The Morgan fingerprint density at radius 3 is 1.67 bits per heavy atom. The second kappa shape index (κ2) is 6.83. The zero-order chi connectivity index (χ0) is 17.3. The van der Waals surface area contributed by atoms with Crippen molar-refractivity contribution in [3.63, 3.8) is 0 Å². The van der Waals surface area contributed by atoms with Gasteiger partial charge >= 0.3 is 0 Å². The molecule has 5 heteroatoms. The molecule has 0 saturated heterocycles. The number of rotatable bonds is 4. The maximum absolute atomic E-state index is 6.22. The molecule has 0 radical (unpaired) electrons. The fourth-order valence-electron chi connectivity index (χ4n) is 2.51. The molecule has 3 rings (SSSR count). The van der Waals surface area contributed by atoms with Crippen LogP contribution in [0.2, 0.25) is 4.47 Å². The summed E-state index contributed by atoms with van der Waals surface area (Å²) in [5, 5.41) is 0. The van der Waals surface area contributed by atoms with E-state index in [4.69, 9.17) is 11.6 Å². The molecule has 0 atom stereocenters. The first-order valence-corrected chi connectivity index (χ1v) is 8.87. The fourth-order valence-corrected chi connectivity index (χ4v) is 3.65. The van der Waals surface area contributed by atoms with Crippen molar-refractivity contribution in [3.05, 3.63) is 53.0 Å². The van der Waals surface area contributed by atoms with Gasteiger partial charge in [-0.15, -0.1) is 11.3 Å². The van der Waals surface area contributed by atoms with Gasteiger partial charge in [-0.1, -0.05) is 35.9 Å². The second-order valence-electron chi connectivity index (χ2n) is 6.03. The molecule has 0 saturated carbocycles. The summed E-state index contributed by atoms with van der Waals surface area (Å²) in [7, 11) is 8.14. The van der Waals surface area contributed by atoms with E-state index in [-0.39, 0.29) is 0 Å². The quantitative estimate of drug-likeness (QED) is 0.634. The van der Waals surface area contributed by atoms with Crippen molar-refractivity contribution in [3.8, 4) is 21.7 Å². The molecule has 24 heavy (non-hydrogen) atoms. The van der Waals surface area contributed by atoms with Gasteiger partial charge in [-0.05, 0) is 29.8 Å². The third-order valence-electron chi connectivity index (χ3n) is 3.90. The number of hydrogen-bond acceptors (Lipinski definition) is 4. The van der Waals surface area contributed by atoms with E-state index >= 15 is 0 Å². The Balaban J connectivity index is 2.01. The summed E-state index contributed by atoms with van der Waals surface area (Å²) in [4.78, 5) is 9.82. The summed E-state index contributed by atoms with van der Waals surface area (Å²) in [5.41, 5.74) is 5.49. The first-order chi connectivity index (χ1) is 11.5. The fraction of sp³-hybridized carbons (Fsp3) is 0.211. The minimum atomic E-state index is 0.563. The molecule has 1 heterocycles. The van der Waals surface area contributed by atoms with Crippen LogP contribution in [0.4, 0.5) is 11.4 Å².